The molecule has 0 saturated carbocycles. The lowest BCUT2D eigenvalue weighted by molar-refractivity contribution is 1.27. The molecule has 0 spiro atoms. The highest BCUT2D eigenvalue weighted by Gasteiger charge is 2.01. The first-order valence-electron chi connectivity index (χ1n) is 3.25. The lowest BCUT2D eigenvalue weighted by Gasteiger charge is -1.84. The van der Waals surface area contributed by atoms with Crippen LogP contribution in [0.25, 0.3) is 9.88 Å². The molecule has 55 valence electrons. The Hall–Kier alpha value is -0.670. The molecule has 1 radical (unpaired) electrons. The van der Waals surface area contributed by atoms with Crippen molar-refractivity contribution in [2.45, 2.75) is 6.92 Å². The van der Waals surface area contributed by atoms with Crippen LogP contribution in [0.1, 0.15) is 5.69 Å². The summed E-state index contributed by atoms with van der Waals surface area (Å²) in [5.41, 5.74) is 0.985. The molecule has 0 bridgehead atoms. The van der Waals surface area contributed by atoms with Crippen molar-refractivity contribution in [2.75, 3.05) is 0 Å². The van der Waals surface area contributed by atoms with E-state index in [1.54, 1.807) is 22.7 Å². The summed E-state index contributed by atoms with van der Waals surface area (Å²) >= 11 is 3.30. The van der Waals surface area contributed by atoms with E-state index in [-0.39, 0.29) is 0 Å². The van der Waals surface area contributed by atoms with E-state index in [0.717, 1.165) is 10.7 Å². The predicted octanol–water partition coefficient (Wildman–Crippen LogP) is 2.98. The van der Waals surface area contributed by atoms with Crippen molar-refractivity contribution < 1.29 is 0 Å². The van der Waals surface area contributed by atoms with Crippen LogP contribution < -0.4 is 0 Å². The molecule has 0 amide bonds. The molecule has 0 aliphatic rings. The van der Waals surface area contributed by atoms with E-state index < -0.39 is 0 Å². The van der Waals surface area contributed by atoms with Crippen LogP contribution in [0.2, 0.25) is 0 Å². The monoisotopic (exact) mass is 180 g/mol. The van der Waals surface area contributed by atoms with E-state index in [1.807, 2.05) is 13.0 Å². The Balaban J connectivity index is 2.45. The van der Waals surface area contributed by atoms with Gasteiger partial charge < -0.3 is 0 Å². The third-order valence-electron chi connectivity index (χ3n) is 1.30. The van der Waals surface area contributed by atoms with Crippen LogP contribution in [0.5, 0.6) is 0 Å². The summed E-state index contributed by atoms with van der Waals surface area (Å²) in [7, 11) is 0. The molecule has 1 nitrogen and oxygen atoms in total. The van der Waals surface area contributed by atoms with Crippen LogP contribution in [-0.4, -0.2) is 4.98 Å². The van der Waals surface area contributed by atoms with Crippen molar-refractivity contribution in [1.82, 2.24) is 4.98 Å². The predicted molar refractivity (Wildman–Crippen MR) is 49.0 cm³/mol. The van der Waals surface area contributed by atoms with Gasteiger partial charge in [0, 0.05) is 0 Å². The van der Waals surface area contributed by atoms with Crippen LogP contribution in [0.3, 0.4) is 0 Å². The molecule has 0 atom stereocenters. The minimum atomic E-state index is 0.985. The second-order valence-corrected chi connectivity index (χ2v) is 3.93. The number of hydrogen-bond donors (Lipinski definition) is 0. The second kappa shape index (κ2) is 2.75. The minimum Gasteiger partial charge on any atom is -0.240 e. The summed E-state index contributed by atoms with van der Waals surface area (Å²) in [5.74, 6) is 0. The number of rotatable bonds is 1. The van der Waals surface area contributed by atoms with E-state index in [2.05, 4.69) is 21.8 Å². The first kappa shape index (κ1) is 7.00. The molecular formula is C8H6NS2. The average molecular weight is 180 g/mol. The SMILES string of the molecule is Cc1[c]sc(-c2cccs2)n1. The largest absolute Gasteiger partial charge is 0.240 e. The summed E-state index contributed by atoms with van der Waals surface area (Å²) in [6, 6.07) is 4.12. The zero-order valence-corrected chi connectivity index (χ0v) is 7.63. The summed E-state index contributed by atoms with van der Waals surface area (Å²) in [4.78, 5) is 5.56. The highest BCUT2D eigenvalue weighted by molar-refractivity contribution is 7.19. The fourth-order valence-corrected chi connectivity index (χ4v) is 2.34. The maximum absolute atomic E-state index is 4.33. The molecule has 2 aromatic rings. The van der Waals surface area contributed by atoms with Crippen molar-refractivity contribution in [3.8, 4) is 9.88 Å². The van der Waals surface area contributed by atoms with Gasteiger partial charge in [0.25, 0.3) is 0 Å². The fourth-order valence-electron chi connectivity index (χ4n) is 0.826. The number of nitrogens with zero attached hydrogens (tertiary/aromatic N) is 1. The molecule has 2 aromatic heterocycles. The van der Waals surface area contributed by atoms with Gasteiger partial charge in [-0.25, -0.2) is 4.98 Å². The standard InChI is InChI=1S/C8H6NS2/c1-6-5-11-8(9-6)7-3-2-4-10-7/h2-4H,1H3. The summed E-state index contributed by atoms with van der Waals surface area (Å²) in [6.45, 7) is 1.97. The number of thiophene rings is 1. The van der Waals surface area contributed by atoms with Crippen LogP contribution >= 0.6 is 22.7 Å². The molecule has 0 aromatic carbocycles. The summed E-state index contributed by atoms with van der Waals surface area (Å²) < 4.78 is 0. The number of hydrogen-bond acceptors (Lipinski definition) is 3. The first-order valence-corrected chi connectivity index (χ1v) is 4.95. The normalized spacial score (nSPS) is 10.3. The molecular weight excluding hydrogens is 174 g/mol. The Morgan fingerprint density at radius 3 is 3.00 bits per heavy atom. The number of aromatic nitrogens is 1. The van der Waals surface area contributed by atoms with Gasteiger partial charge in [-0.15, -0.1) is 22.7 Å². The smallest absolute Gasteiger partial charge is 0.134 e. The van der Waals surface area contributed by atoms with Crippen molar-refractivity contribution in [3.63, 3.8) is 0 Å². The van der Waals surface area contributed by atoms with E-state index in [1.165, 1.54) is 4.88 Å². The third-order valence-corrected chi connectivity index (χ3v) is 3.20. The summed E-state index contributed by atoms with van der Waals surface area (Å²) in [6.07, 6.45) is 0. The highest BCUT2D eigenvalue weighted by atomic mass is 32.1. The average Bonchev–Trinajstić information content (AvgIpc) is 2.55. The molecule has 11 heavy (non-hydrogen) atoms. The quantitative estimate of drug-likeness (QED) is 0.657. The number of aryl methyl sites for hydroxylation is 1. The molecule has 0 fully saturated rings. The molecule has 0 aliphatic heterocycles. The van der Waals surface area contributed by atoms with Gasteiger partial charge in [-0.05, 0) is 18.4 Å². The Labute approximate surface area is 73.4 Å². The molecule has 0 N–H and O–H groups in total. The fraction of sp³-hybridized carbons (Fsp3) is 0.125. The maximum atomic E-state index is 4.33. The van der Waals surface area contributed by atoms with Crippen molar-refractivity contribution in [3.05, 3.63) is 28.6 Å². The van der Waals surface area contributed by atoms with Crippen LogP contribution in [-0.2, 0) is 0 Å². The van der Waals surface area contributed by atoms with Gasteiger partial charge >= 0.3 is 0 Å². The van der Waals surface area contributed by atoms with Crippen LogP contribution in [0, 0.1) is 12.3 Å². The van der Waals surface area contributed by atoms with Crippen molar-refractivity contribution in [1.29, 1.82) is 0 Å². The summed E-state index contributed by atoms with van der Waals surface area (Å²) in [5, 5.41) is 6.24. The zero-order valence-electron chi connectivity index (χ0n) is 6.00. The lowest BCUT2D eigenvalue weighted by Crippen LogP contribution is -1.69. The zero-order chi connectivity index (χ0) is 7.68. The maximum Gasteiger partial charge on any atom is 0.134 e. The Kier molecular flexibility index (Phi) is 1.75. The molecule has 0 unspecified atom stereocenters. The minimum absolute atomic E-state index is 0.985. The molecule has 0 saturated heterocycles. The topological polar surface area (TPSA) is 12.9 Å². The van der Waals surface area contributed by atoms with E-state index in [4.69, 9.17) is 0 Å². The molecule has 3 heteroatoms. The highest BCUT2D eigenvalue weighted by Crippen LogP contribution is 2.26. The molecule has 0 aliphatic carbocycles. The van der Waals surface area contributed by atoms with Gasteiger partial charge in [0.05, 0.1) is 16.0 Å². The van der Waals surface area contributed by atoms with E-state index in [0.29, 0.717) is 0 Å². The first-order chi connectivity index (χ1) is 5.36. The second-order valence-electron chi connectivity index (χ2n) is 2.18. The third kappa shape index (κ3) is 1.34. The van der Waals surface area contributed by atoms with Crippen LogP contribution in [0.4, 0.5) is 0 Å². The number of thiazole rings is 1. The Bertz CT molecular complexity index is 335. The van der Waals surface area contributed by atoms with Crippen molar-refractivity contribution >= 4 is 22.7 Å². The Morgan fingerprint density at radius 1 is 1.55 bits per heavy atom. The van der Waals surface area contributed by atoms with Gasteiger partial charge in [-0.3, -0.25) is 0 Å². The van der Waals surface area contributed by atoms with Gasteiger partial charge in [-0.2, -0.15) is 0 Å². The van der Waals surface area contributed by atoms with Gasteiger partial charge in [-0.1, -0.05) is 6.07 Å². The van der Waals surface area contributed by atoms with E-state index in [9.17, 15) is 0 Å². The van der Waals surface area contributed by atoms with Crippen LogP contribution in [0.15, 0.2) is 17.5 Å². The van der Waals surface area contributed by atoms with Crippen molar-refractivity contribution in [2.24, 2.45) is 0 Å². The van der Waals surface area contributed by atoms with Gasteiger partial charge in [0.15, 0.2) is 0 Å². The van der Waals surface area contributed by atoms with E-state index >= 15 is 0 Å². The molecule has 2 rings (SSSR count). The van der Waals surface area contributed by atoms with Gasteiger partial charge in [0.2, 0.25) is 0 Å². The lowest BCUT2D eigenvalue weighted by atomic mass is 10.5. The Morgan fingerprint density at radius 2 is 2.45 bits per heavy atom. The van der Waals surface area contributed by atoms with Gasteiger partial charge in [0.1, 0.15) is 5.01 Å². The molecule has 2 heterocycles.